The van der Waals surface area contributed by atoms with Gasteiger partial charge in [-0.25, -0.2) is 0 Å². The Morgan fingerprint density at radius 1 is 0.630 bits per heavy atom. The molecular weight excluding hydrogens is 360 g/mol. The predicted octanol–water partition coefficient (Wildman–Crippen LogP) is 0.0578. The molecule has 0 rings (SSSR count). The normalized spacial score (nSPS) is 9.89. The molecule has 0 spiro atoms. The highest BCUT2D eigenvalue weighted by atomic mass is 16.5. The molecule has 0 aromatic heterocycles. The quantitative estimate of drug-likeness (QED) is 0.301. The van der Waals surface area contributed by atoms with Crippen molar-refractivity contribution in [3.63, 3.8) is 0 Å². The highest BCUT2D eigenvalue weighted by Crippen LogP contribution is 1.69. The Labute approximate surface area is 165 Å². The maximum atomic E-state index is 8.11. The molecule has 5 N–H and O–H groups in total. The van der Waals surface area contributed by atoms with Crippen LogP contribution in [0.3, 0.4) is 0 Å². The molecule has 0 saturated carbocycles. The Morgan fingerprint density at radius 2 is 0.926 bits per heavy atom. The SMILES string of the molecule is CC(O)CO.CCOCC.CCOCCO.CCOCCO.COCCO. The van der Waals surface area contributed by atoms with Gasteiger partial charge in [0.2, 0.25) is 0 Å². The first-order valence-electron chi connectivity index (χ1n) is 9.27. The average Bonchev–Trinajstić information content (AvgIpc) is 2.68. The lowest BCUT2D eigenvalue weighted by molar-refractivity contribution is 0.102. The number of aliphatic hydroxyl groups excluding tert-OH is 5. The van der Waals surface area contributed by atoms with Crippen molar-refractivity contribution >= 4 is 0 Å². The van der Waals surface area contributed by atoms with E-state index >= 15 is 0 Å². The predicted molar refractivity (Wildman–Crippen MR) is 107 cm³/mol. The van der Waals surface area contributed by atoms with Crippen LogP contribution in [0, 0.1) is 0 Å². The summed E-state index contributed by atoms with van der Waals surface area (Å²) in [5.41, 5.74) is 0. The van der Waals surface area contributed by atoms with Gasteiger partial charge in [-0.05, 0) is 34.6 Å². The van der Waals surface area contributed by atoms with Gasteiger partial charge in [0, 0.05) is 33.5 Å². The van der Waals surface area contributed by atoms with Crippen LogP contribution in [0.2, 0.25) is 0 Å². The zero-order chi connectivity index (χ0) is 22.2. The van der Waals surface area contributed by atoms with E-state index in [4.69, 9.17) is 39.7 Å². The molecule has 0 aromatic rings. The fourth-order valence-electron chi connectivity index (χ4n) is 0.713. The first-order valence-corrected chi connectivity index (χ1v) is 9.27. The minimum atomic E-state index is -0.560. The van der Waals surface area contributed by atoms with Gasteiger partial charge in [-0.15, -0.1) is 0 Å². The number of hydrogen-bond donors (Lipinski definition) is 5. The Balaban J connectivity index is -0.0000000749. The van der Waals surface area contributed by atoms with Crippen molar-refractivity contribution in [2.24, 2.45) is 0 Å². The highest BCUT2D eigenvalue weighted by Gasteiger charge is 1.83. The molecular formula is C18H46O9. The van der Waals surface area contributed by atoms with Gasteiger partial charge in [0.15, 0.2) is 0 Å². The van der Waals surface area contributed by atoms with Crippen LogP contribution in [0.25, 0.3) is 0 Å². The largest absolute Gasteiger partial charge is 0.394 e. The molecule has 0 bridgehead atoms. The number of hydrogen-bond acceptors (Lipinski definition) is 9. The summed E-state index contributed by atoms with van der Waals surface area (Å²) in [7, 11) is 1.55. The standard InChI is InChI=1S/2C4H10O2.C4H10O.2C3H8O2/c2*1-2-6-4-3-5;1-3-5-4-2;1-5-3-2-4;1-3(5)2-4/h2*5H,2-4H2,1H3;3-4H2,1-2H3;4H,2-3H2,1H3;3-5H,2H2,1H3. The second-order valence-corrected chi connectivity index (χ2v) is 4.37. The fraction of sp³-hybridized carbons (Fsp3) is 1.00. The molecule has 0 saturated heterocycles. The maximum Gasteiger partial charge on any atom is 0.0742 e. The minimum absolute atomic E-state index is 0.122. The zero-order valence-corrected chi connectivity index (χ0v) is 18.2. The molecule has 0 aliphatic carbocycles. The Kier molecular flexibility index (Phi) is 69.3. The maximum absolute atomic E-state index is 8.11. The first-order chi connectivity index (χ1) is 12.9. The monoisotopic (exact) mass is 406 g/mol. The lowest BCUT2D eigenvalue weighted by Gasteiger charge is -1.91. The summed E-state index contributed by atoms with van der Waals surface area (Å²) in [4.78, 5) is 0. The second kappa shape index (κ2) is 50.0. The van der Waals surface area contributed by atoms with Gasteiger partial charge in [0.1, 0.15) is 0 Å². The van der Waals surface area contributed by atoms with Crippen molar-refractivity contribution in [1.29, 1.82) is 0 Å². The first kappa shape index (κ1) is 37.4. The number of aliphatic hydroxyl groups is 5. The summed E-state index contributed by atoms with van der Waals surface area (Å²) in [5.74, 6) is 0. The summed E-state index contributed by atoms with van der Waals surface area (Å²) in [6.07, 6.45) is -0.560. The van der Waals surface area contributed by atoms with Crippen molar-refractivity contribution in [3.05, 3.63) is 0 Å². The lowest BCUT2D eigenvalue weighted by Crippen LogP contribution is -2.03. The Hall–Kier alpha value is -0.360. The van der Waals surface area contributed by atoms with Crippen LogP contribution in [0.5, 0.6) is 0 Å². The number of methoxy groups -OCH3 is 1. The van der Waals surface area contributed by atoms with Gasteiger partial charge in [-0.3, -0.25) is 0 Å². The summed E-state index contributed by atoms with van der Waals surface area (Å²) in [6.45, 7) is 14.0. The topological polar surface area (TPSA) is 138 Å². The van der Waals surface area contributed by atoms with Gasteiger partial charge in [0.25, 0.3) is 0 Å². The molecule has 0 radical (unpaired) electrons. The summed E-state index contributed by atoms with van der Waals surface area (Å²) < 4.78 is 18.7. The summed E-state index contributed by atoms with van der Waals surface area (Å²) >= 11 is 0. The van der Waals surface area contributed by atoms with E-state index in [2.05, 4.69) is 4.74 Å². The van der Waals surface area contributed by atoms with Crippen LogP contribution in [-0.4, -0.2) is 111 Å². The highest BCUT2D eigenvalue weighted by molar-refractivity contribution is 4.34. The third kappa shape index (κ3) is 106. The van der Waals surface area contributed by atoms with Crippen LogP contribution in [0.4, 0.5) is 0 Å². The molecule has 0 fully saturated rings. The summed E-state index contributed by atoms with van der Waals surface area (Å²) in [6, 6.07) is 0. The van der Waals surface area contributed by atoms with E-state index in [0.717, 1.165) is 13.2 Å². The molecule has 0 heterocycles. The number of ether oxygens (including phenoxy) is 4. The smallest absolute Gasteiger partial charge is 0.0742 e. The van der Waals surface area contributed by atoms with Crippen molar-refractivity contribution < 1.29 is 44.5 Å². The van der Waals surface area contributed by atoms with Crippen LogP contribution in [0.1, 0.15) is 34.6 Å². The van der Waals surface area contributed by atoms with Crippen LogP contribution in [0.15, 0.2) is 0 Å². The minimum Gasteiger partial charge on any atom is -0.394 e. The molecule has 1 atom stereocenters. The van der Waals surface area contributed by atoms with E-state index in [1.165, 1.54) is 6.92 Å². The van der Waals surface area contributed by atoms with E-state index in [1.807, 2.05) is 27.7 Å². The molecule has 1 unspecified atom stereocenters. The molecule has 0 aliphatic heterocycles. The van der Waals surface area contributed by atoms with Crippen molar-refractivity contribution in [1.82, 2.24) is 0 Å². The molecule has 27 heavy (non-hydrogen) atoms. The third-order valence-electron chi connectivity index (χ3n) is 1.85. The van der Waals surface area contributed by atoms with Crippen molar-refractivity contribution in [2.75, 3.05) is 79.8 Å². The van der Waals surface area contributed by atoms with E-state index in [-0.39, 0.29) is 26.4 Å². The zero-order valence-electron chi connectivity index (χ0n) is 18.2. The van der Waals surface area contributed by atoms with Gasteiger partial charge in [-0.1, -0.05) is 0 Å². The van der Waals surface area contributed by atoms with Crippen LogP contribution >= 0.6 is 0 Å². The fourth-order valence-corrected chi connectivity index (χ4v) is 0.713. The van der Waals surface area contributed by atoms with Gasteiger partial charge < -0.3 is 44.5 Å². The average molecular weight is 407 g/mol. The molecule has 172 valence electrons. The van der Waals surface area contributed by atoms with Gasteiger partial charge >= 0.3 is 0 Å². The molecule has 9 heteroatoms. The van der Waals surface area contributed by atoms with Crippen LogP contribution in [-0.2, 0) is 18.9 Å². The second-order valence-electron chi connectivity index (χ2n) is 4.37. The molecule has 9 nitrogen and oxygen atoms in total. The van der Waals surface area contributed by atoms with Crippen molar-refractivity contribution in [2.45, 2.75) is 40.7 Å². The van der Waals surface area contributed by atoms with E-state index in [0.29, 0.717) is 33.0 Å². The van der Waals surface area contributed by atoms with E-state index < -0.39 is 6.10 Å². The van der Waals surface area contributed by atoms with Gasteiger partial charge in [-0.2, -0.15) is 0 Å². The lowest BCUT2D eigenvalue weighted by atomic mass is 10.5. The summed E-state index contributed by atoms with van der Waals surface area (Å²) in [5, 5.41) is 40.1. The van der Waals surface area contributed by atoms with Gasteiger partial charge in [0.05, 0.1) is 52.4 Å². The van der Waals surface area contributed by atoms with Crippen LogP contribution < -0.4 is 0 Å². The Morgan fingerprint density at radius 3 is 0.963 bits per heavy atom. The van der Waals surface area contributed by atoms with E-state index in [1.54, 1.807) is 7.11 Å². The third-order valence-corrected chi connectivity index (χ3v) is 1.85. The molecule has 0 amide bonds. The Bertz CT molecular complexity index is 147. The van der Waals surface area contributed by atoms with Crippen molar-refractivity contribution in [3.8, 4) is 0 Å². The molecule has 0 aromatic carbocycles. The molecule has 0 aliphatic rings. The van der Waals surface area contributed by atoms with E-state index in [9.17, 15) is 0 Å². The number of rotatable bonds is 11.